The molecule has 2 aliphatic rings. The van der Waals surface area contributed by atoms with E-state index in [2.05, 4.69) is 0 Å². The summed E-state index contributed by atoms with van der Waals surface area (Å²) < 4.78 is 10.2. The van der Waals surface area contributed by atoms with Crippen molar-refractivity contribution in [3.8, 4) is 5.75 Å². The van der Waals surface area contributed by atoms with Crippen molar-refractivity contribution < 1.29 is 19.1 Å². The standard InChI is InChI=1S/C14H15NO4/c1-15-10-7-9(14(5-6-14)13(17)18-2)3-4-11(10)19-8-12(15)16/h3-4,7H,5-6,8H2,1-2H3. The summed E-state index contributed by atoms with van der Waals surface area (Å²) in [6.45, 7) is 0.0605. The summed E-state index contributed by atoms with van der Waals surface area (Å²) in [5.74, 6) is 0.372. The second-order valence-corrected chi connectivity index (χ2v) is 5.00. The Kier molecular flexibility index (Phi) is 2.52. The minimum atomic E-state index is -0.523. The molecule has 5 nitrogen and oxygen atoms in total. The number of hydrogen-bond acceptors (Lipinski definition) is 4. The fourth-order valence-electron chi connectivity index (χ4n) is 2.50. The Morgan fingerprint density at radius 1 is 1.42 bits per heavy atom. The van der Waals surface area contributed by atoms with Crippen molar-refractivity contribution in [1.29, 1.82) is 0 Å². The van der Waals surface area contributed by atoms with Gasteiger partial charge in [-0.05, 0) is 30.5 Å². The largest absolute Gasteiger partial charge is 0.482 e. The van der Waals surface area contributed by atoms with Gasteiger partial charge in [-0.25, -0.2) is 0 Å². The highest BCUT2D eigenvalue weighted by molar-refractivity contribution is 5.98. The summed E-state index contributed by atoms with van der Waals surface area (Å²) >= 11 is 0. The van der Waals surface area contributed by atoms with Gasteiger partial charge in [0, 0.05) is 7.05 Å². The first-order valence-corrected chi connectivity index (χ1v) is 6.21. The molecule has 3 rings (SSSR count). The van der Waals surface area contributed by atoms with Crippen LogP contribution in [0, 0.1) is 0 Å². The number of esters is 1. The minimum Gasteiger partial charge on any atom is -0.482 e. The van der Waals surface area contributed by atoms with Gasteiger partial charge in [-0.3, -0.25) is 9.59 Å². The molecule has 1 amide bonds. The molecule has 1 heterocycles. The summed E-state index contributed by atoms with van der Waals surface area (Å²) in [4.78, 5) is 25.1. The topological polar surface area (TPSA) is 55.8 Å². The number of nitrogens with zero attached hydrogens (tertiary/aromatic N) is 1. The Morgan fingerprint density at radius 3 is 2.79 bits per heavy atom. The molecule has 0 atom stereocenters. The van der Waals surface area contributed by atoms with E-state index in [0.717, 1.165) is 18.4 Å². The Bertz CT molecular complexity index is 563. The molecular weight excluding hydrogens is 246 g/mol. The predicted octanol–water partition coefficient (Wildman–Crippen LogP) is 1.25. The van der Waals surface area contributed by atoms with E-state index in [1.54, 1.807) is 11.9 Å². The highest BCUT2D eigenvalue weighted by atomic mass is 16.5. The van der Waals surface area contributed by atoms with Gasteiger partial charge in [-0.2, -0.15) is 0 Å². The number of carbonyl (C=O) groups is 2. The number of benzene rings is 1. The third kappa shape index (κ3) is 1.69. The highest BCUT2D eigenvalue weighted by Gasteiger charge is 2.52. The van der Waals surface area contributed by atoms with E-state index >= 15 is 0 Å². The van der Waals surface area contributed by atoms with Crippen molar-refractivity contribution in [2.75, 3.05) is 25.7 Å². The van der Waals surface area contributed by atoms with Crippen LogP contribution in [0.4, 0.5) is 5.69 Å². The Labute approximate surface area is 111 Å². The van der Waals surface area contributed by atoms with Crippen LogP contribution in [0.3, 0.4) is 0 Å². The smallest absolute Gasteiger partial charge is 0.316 e. The van der Waals surface area contributed by atoms with E-state index in [0.29, 0.717) is 11.4 Å². The quantitative estimate of drug-likeness (QED) is 0.752. The third-order valence-electron chi connectivity index (χ3n) is 3.92. The van der Waals surface area contributed by atoms with Crippen molar-refractivity contribution in [3.05, 3.63) is 23.8 Å². The number of methoxy groups -OCH3 is 1. The van der Waals surface area contributed by atoms with E-state index in [1.165, 1.54) is 7.11 Å². The van der Waals surface area contributed by atoms with Gasteiger partial charge in [0.05, 0.1) is 18.2 Å². The molecule has 19 heavy (non-hydrogen) atoms. The lowest BCUT2D eigenvalue weighted by Crippen LogP contribution is -2.35. The average molecular weight is 261 g/mol. The van der Waals surface area contributed by atoms with Crippen LogP contribution in [0.25, 0.3) is 0 Å². The lowest BCUT2D eigenvalue weighted by Gasteiger charge is -2.27. The third-order valence-corrected chi connectivity index (χ3v) is 3.92. The second-order valence-electron chi connectivity index (χ2n) is 5.00. The number of hydrogen-bond donors (Lipinski definition) is 0. The highest BCUT2D eigenvalue weighted by Crippen LogP contribution is 2.50. The number of carbonyl (C=O) groups excluding carboxylic acids is 2. The summed E-state index contributed by atoms with van der Waals surface area (Å²) in [6.07, 6.45) is 1.58. The fraction of sp³-hybridized carbons (Fsp3) is 0.429. The predicted molar refractivity (Wildman–Crippen MR) is 68.3 cm³/mol. The second kappa shape index (κ2) is 3.98. The van der Waals surface area contributed by atoms with Crippen LogP contribution in [0.2, 0.25) is 0 Å². The molecule has 100 valence electrons. The normalized spacial score (nSPS) is 19.5. The summed E-state index contributed by atoms with van der Waals surface area (Å²) in [5.41, 5.74) is 1.08. The summed E-state index contributed by atoms with van der Waals surface area (Å²) in [7, 11) is 3.12. The van der Waals surface area contributed by atoms with Crippen LogP contribution in [0.1, 0.15) is 18.4 Å². The monoisotopic (exact) mass is 261 g/mol. The maximum absolute atomic E-state index is 11.9. The number of anilines is 1. The van der Waals surface area contributed by atoms with E-state index < -0.39 is 5.41 Å². The van der Waals surface area contributed by atoms with Crippen molar-refractivity contribution in [2.24, 2.45) is 0 Å². The van der Waals surface area contributed by atoms with Crippen LogP contribution < -0.4 is 9.64 Å². The fourth-order valence-corrected chi connectivity index (χ4v) is 2.50. The van der Waals surface area contributed by atoms with Gasteiger partial charge in [0.25, 0.3) is 5.91 Å². The van der Waals surface area contributed by atoms with Gasteiger partial charge in [-0.15, -0.1) is 0 Å². The zero-order chi connectivity index (χ0) is 13.6. The summed E-state index contributed by atoms with van der Waals surface area (Å²) in [5, 5.41) is 0. The van der Waals surface area contributed by atoms with Crippen molar-refractivity contribution in [2.45, 2.75) is 18.3 Å². The molecule has 0 bridgehead atoms. The van der Waals surface area contributed by atoms with Crippen molar-refractivity contribution >= 4 is 17.6 Å². The molecule has 0 saturated heterocycles. The Morgan fingerprint density at radius 2 is 2.16 bits per heavy atom. The Hall–Kier alpha value is -2.04. The molecule has 0 aromatic heterocycles. The molecular formula is C14H15NO4. The lowest BCUT2D eigenvalue weighted by molar-refractivity contribution is -0.143. The van der Waals surface area contributed by atoms with Gasteiger partial charge in [-0.1, -0.05) is 6.07 Å². The van der Waals surface area contributed by atoms with Crippen LogP contribution >= 0.6 is 0 Å². The summed E-state index contributed by atoms with van der Waals surface area (Å²) in [6, 6.07) is 5.55. The lowest BCUT2D eigenvalue weighted by atomic mass is 9.95. The average Bonchev–Trinajstić information content (AvgIpc) is 3.23. The minimum absolute atomic E-state index is 0.0605. The maximum atomic E-state index is 11.9. The van der Waals surface area contributed by atoms with Crippen molar-refractivity contribution in [1.82, 2.24) is 0 Å². The number of likely N-dealkylation sites (N-methyl/N-ethyl adjacent to an activating group) is 1. The van der Waals surface area contributed by atoms with E-state index in [4.69, 9.17) is 9.47 Å². The first kappa shape index (κ1) is 12.0. The molecule has 5 heteroatoms. The van der Waals surface area contributed by atoms with E-state index in [1.807, 2.05) is 18.2 Å². The molecule has 1 aliphatic carbocycles. The van der Waals surface area contributed by atoms with Gasteiger partial charge in [0.1, 0.15) is 5.75 Å². The van der Waals surface area contributed by atoms with Crippen molar-refractivity contribution in [3.63, 3.8) is 0 Å². The van der Waals surface area contributed by atoms with E-state index in [-0.39, 0.29) is 18.5 Å². The van der Waals surface area contributed by atoms with Gasteiger partial charge < -0.3 is 14.4 Å². The van der Waals surface area contributed by atoms with Gasteiger partial charge in [0.15, 0.2) is 6.61 Å². The molecule has 1 saturated carbocycles. The first-order valence-electron chi connectivity index (χ1n) is 6.21. The van der Waals surface area contributed by atoms with Gasteiger partial charge in [0.2, 0.25) is 0 Å². The number of ether oxygens (including phenoxy) is 2. The first-order chi connectivity index (χ1) is 9.08. The van der Waals surface area contributed by atoms with Crippen LogP contribution in [-0.4, -0.2) is 32.6 Å². The maximum Gasteiger partial charge on any atom is 0.316 e. The molecule has 0 unspecified atom stereocenters. The molecule has 1 fully saturated rings. The number of fused-ring (bicyclic) bond motifs is 1. The SMILES string of the molecule is COC(=O)C1(c2ccc3c(c2)N(C)C(=O)CO3)CC1. The zero-order valence-electron chi connectivity index (χ0n) is 10.9. The molecule has 1 aromatic rings. The van der Waals surface area contributed by atoms with Crippen LogP contribution in [0.15, 0.2) is 18.2 Å². The molecule has 0 radical (unpaired) electrons. The molecule has 1 aromatic carbocycles. The van der Waals surface area contributed by atoms with Gasteiger partial charge >= 0.3 is 5.97 Å². The molecule has 0 spiro atoms. The van der Waals surface area contributed by atoms with Crippen LogP contribution in [0.5, 0.6) is 5.75 Å². The zero-order valence-corrected chi connectivity index (χ0v) is 10.9. The molecule has 1 aliphatic heterocycles. The van der Waals surface area contributed by atoms with E-state index in [9.17, 15) is 9.59 Å². The Balaban J connectivity index is 2.02. The molecule has 0 N–H and O–H groups in total. The number of rotatable bonds is 2. The van der Waals surface area contributed by atoms with Crippen LogP contribution in [-0.2, 0) is 19.7 Å². The number of amides is 1.